The Morgan fingerprint density at radius 3 is 2.67 bits per heavy atom. The van der Waals surface area contributed by atoms with Crippen LogP contribution in [0.5, 0.6) is 5.75 Å². The van der Waals surface area contributed by atoms with Gasteiger partial charge in [0.1, 0.15) is 11.6 Å². The van der Waals surface area contributed by atoms with Crippen LogP contribution in [-0.2, 0) is 0 Å². The summed E-state index contributed by atoms with van der Waals surface area (Å²) in [5.74, 6) is 0.625. The van der Waals surface area contributed by atoms with Crippen molar-refractivity contribution in [2.75, 3.05) is 33.8 Å². The van der Waals surface area contributed by atoms with Crippen LogP contribution in [0.4, 0.5) is 4.39 Å². The molecule has 1 aromatic carbocycles. The Morgan fingerprint density at radius 2 is 2.05 bits per heavy atom. The molecule has 1 rings (SSSR count). The van der Waals surface area contributed by atoms with E-state index in [2.05, 4.69) is 17.1 Å². The highest BCUT2D eigenvalue weighted by atomic mass is 19.1. The van der Waals surface area contributed by atoms with E-state index in [0.717, 1.165) is 37.2 Å². The van der Waals surface area contributed by atoms with Gasteiger partial charge in [0.05, 0.1) is 6.61 Å². The zero-order valence-electron chi connectivity index (χ0n) is 14.0. The summed E-state index contributed by atoms with van der Waals surface area (Å²) in [6, 6.07) is 3.50. The van der Waals surface area contributed by atoms with E-state index in [0.29, 0.717) is 12.2 Å². The fourth-order valence-corrected chi connectivity index (χ4v) is 2.17. The molecule has 0 bridgehead atoms. The maximum Gasteiger partial charge on any atom is 0.126 e. The summed E-state index contributed by atoms with van der Waals surface area (Å²) in [5.41, 5.74) is 1.53. The van der Waals surface area contributed by atoms with Crippen LogP contribution in [0.3, 0.4) is 0 Å². The van der Waals surface area contributed by atoms with Crippen LogP contribution in [0.15, 0.2) is 12.1 Å². The molecule has 0 aliphatic heterocycles. The van der Waals surface area contributed by atoms with E-state index in [9.17, 15) is 4.39 Å². The van der Waals surface area contributed by atoms with Gasteiger partial charge >= 0.3 is 0 Å². The lowest BCUT2D eigenvalue weighted by molar-refractivity contribution is 0.277. The van der Waals surface area contributed by atoms with Gasteiger partial charge in [-0.3, -0.25) is 0 Å². The summed E-state index contributed by atoms with van der Waals surface area (Å²) in [4.78, 5) is 2.13. The van der Waals surface area contributed by atoms with Crippen LogP contribution in [0.2, 0.25) is 0 Å². The normalized spacial score (nSPS) is 12.7. The smallest absolute Gasteiger partial charge is 0.126 e. The van der Waals surface area contributed by atoms with Crippen LogP contribution in [0.1, 0.15) is 43.9 Å². The molecule has 0 amide bonds. The van der Waals surface area contributed by atoms with Crippen LogP contribution >= 0.6 is 0 Å². The van der Waals surface area contributed by atoms with Crippen molar-refractivity contribution in [3.05, 3.63) is 29.1 Å². The van der Waals surface area contributed by atoms with Gasteiger partial charge in [-0.25, -0.2) is 4.39 Å². The number of benzene rings is 1. The summed E-state index contributed by atoms with van der Waals surface area (Å²) >= 11 is 0. The molecule has 0 radical (unpaired) electrons. The summed E-state index contributed by atoms with van der Waals surface area (Å²) in [7, 11) is 4.09. The lowest BCUT2D eigenvalue weighted by atomic mass is 10.0. The summed E-state index contributed by atoms with van der Waals surface area (Å²) < 4.78 is 19.7. The molecule has 0 heterocycles. The molecule has 1 atom stereocenters. The number of ether oxygens (including phenoxy) is 1. The Bertz CT molecular complexity index is 435. The van der Waals surface area contributed by atoms with E-state index in [-0.39, 0.29) is 11.9 Å². The zero-order valence-corrected chi connectivity index (χ0v) is 14.0. The molecule has 0 saturated heterocycles. The maximum atomic E-state index is 13.8. The van der Waals surface area contributed by atoms with Crippen molar-refractivity contribution < 1.29 is 9.13 Å². The number of rotatable bonds is 9. The minimum absolute atomic E-state index is 0.0869. The molecule has 3 nitrogen and oxygen atoms in total. The summed E-state index contributed by atoms with van der Waals surface area (Å²) in [6.07, 6.45) is 2.01. The van der Waals surface area contributed by atoms with Crippen molar-refractivity contribution in [3.8, 4) is 5.75 Å². The second-order valence-corrected chi connectivity index (χ2v) is 5.82. The predicted molar refractivity (Wildman–Crippen MR) is 86.5 cm³/mol. The highest BCUT2D eigenvalue weighted by Crippen LogP contribution is 2.28. The van der Waals surface area contributed by atoms with E-state index < -0.39 is 0 Å². The average molecular weight is 296 g/mol. The lowest BCUT2D eigenvalue weighted by Gasteiger charge is -2.19. The first-order chi connectivity index (χ1) is 9.95. The van der Waals surface area contributed by atoms with E-state index in [4.69, 9.17) is 4.74 Å². The SMILES string of the molecule is CCCNC(C)c1cc(F)c(C)cc1OCCCN(C)C. The molecule has 1 N–H and O–H groups in total. The van der Waals surface area contributed by atoms with Crippen LogP contribution in [0, 0.1) is 12.7 Å². The first kappa shape index (κ1) is 17.9. The quantitative estimate of drug-likeness (QED) is 0.706. The molecule has 0 fully saturated rings. The summed E-state index contributed by atoms with van der Waals surface area (Å²) in [6.45, 7) is 8.49. The number of nitrogens with one attached hydrogen (secondary N) is 1. The topological polar surface area (TPSA) is 24.5 Å². The molecule has 0 aliphatic rings. The minimum Gasteiger partial charge on any atom is -0.493 e. The number of hydrogen-bond donors (Lipinski definition) is 1. The second-order valence-electron chi connectivity index (χ2n) is 5.82. The largest absolute Gasteiger partial charge is 0.493 e. The van der Waals surface area contributed by atoms with E-state index >= 15 is 0 Å². The van der Waals surface area contributed by atoms with E-state index in [1.807, 2.05) is 27.1 Å². The molecule has 21 heavy (non-hydrogen) atoms. The first-order valence-corrected chi connectivity index (χ1v) is 7.76. The molecule has 1 aromatic rings. The van der Waals surface area contributed by atoms with Crippen molar-refractivity contribution in [2.45, 2.75) is 39.7 Å². The second kappa shape index (κ2) is 9.00. The Labute approximate surface area is 128 Å². The van der Waals surface area contributed by atoms with Gasteiger partial charge in [-0.2, -0.15) is 0 Å². The zero-order chi connectivity index (χ0) is 15.8. The Hall–Kier alpha value is -1.13. The molecule has 0 saturated carbocycles. The van der Waals surface area contributed by atoms with Crippen molar-refractivity contribution in [3.63, 3.8) is 0 Å². The number of aryl methyl sites for hydroxylation is 1. The van der Waals surface area contributed by atoms with Crippen molar-refractivity contribution in [1.82, 2.24) is 10.2 Å². The van der Waals surface area contributed by atoms with Crippen molar-refractivity contribution in [2.24, 2.45) is 0 Å². The molecule has 4 heteroatoms. The van der Waals surface area contributed by atoms with Gasteiger partial charge < -0.3 is 15.0 Å². The maximum absolute atomic E-state index is 13.8. The average Bonchev–Trinajstić information content (AvgIpc) is 2.44. The van der Waals surface area contributed by atoms with Gasteiger partial charge in [0, 0.05) is 18.2 Å². The van der Waals surface area contributed by atoms with Gasteiger partial charge in [-0.05, 0) is 65.0 Å². The Kier molecular flexibility index (Phi) is 7.68. The van der Waals surface area contributed by atoms with Crippen molar-refractivity contribution in [1.29, 1.82) is 0 Å². The lowest BCUT2D eigenvalue weighted by Crippen LogP contribution is -2.21. The molecule has 120 valence electrons. The van der Waals surface area contributed by atoms with Crippen LogP contribution < -0.4 is 10.1 Å². The Morgan fingerprint density at radius 1 is 1.33 bits per heavy atom. The fraction of sp³-hybridized carbons (Fsp3) is 0.647. The predicted octanol–water partition coefficient (Wildman–Crippen LogP) is 3.53. The third kappa shape index (κ3) is 6.02. The molecular weight excluding hydrogens is 267 g/mol. The van der Waals surface area contributed by atoms with Gasteiger partial charge in [-0.15, -0.1) is 0 Å². The number of nitrogens with zero attached hydrogens (tertiary/aromatic N) is 1. The molecule has 0 spiro atoms. The van der Waals surface area contributed by atoms with E-state index in [1.54, 1.807) is 13.0 Å². The fourth-order valence-electron chi connectivity index (χ4n) is 2.17. The van der Waals surface area contributed by atoms with Crippen LogP contribution in [-0.4, -0.2) is 38.7 Å². The first-order valence-electron chi connectivity index (χ1n) is 7.76. The number of hydrogen-bond acceptors (Lipinski definition) is 3. The molecular formula is C17H29FN2O. The third-order valence-corrected chi connectivity index (χ3v) is 3.47. The molecule has 1 unspecified atom stereocenters. The van der Waals surface area contributed by atoms with Gasteiger partial charge in [0.15, 0.2) is 0 Å². The highest BCUT2D eigenvalue weighted by molar-refractivity contribution is 5.40. The van der Waals surface area contributed by atoms with Gasteiger partial charge in [0.25, 0.3) is 0 Å². The molecule has 0 aromatic heterocycles. The van der Waals surface area contributed by atoms with Crippen LogP contribution in [0.25, 0.3) is 0 Å². The minimum atomic E-state index is -0.171. The Balaban J connectivity index is 2.77. The third-order valence-electron chi connectivity index (χ3n) is 3.47. The van der Waals surface area contributed by atoms with Gasteiger partial charge in [-0.1, -0.05) is 6.92 Å². The van der Waals surface area contributed by atoms with Crippen molar-refractivity contribution >= 4 is 0 Å². The van der Waals surface area contributed by atoms with Gasteiger partial charge in [0.2, 0.25) is 0 Å². The number of halogens is 1. The summed E-state index contributed by atoms with van der Waals surface area (Å²) in [5, 5.41) is 3.39. The monoisotopic (exact) mass is 296 g/mol. The highest BCUT2D eigenvalue weighted by Gasteiger charge is 2.14. The van der Waals surface area contributed by atoms with E-state index in [1.165, 1.54) is 0 Å². The molecule has 0 aliphatic carbocycles. The standard InChI is InChI=1S/C17H29FN2O/c1-6-8-19-14(3)15-12-16(18)13(2)11-17(15)21-10-7-9-20(4)5/h11-12,14,19H,6-10H2,1-5H3.